The van der Waals surface area contributed by atoms with Crippen LogP contribution in [0.1, 0.15) is 25.7 Å². The van der Waals surface area contributed by atoms with Crippen molar-refractivity contribution in [2.75, 3.05) is 42.8 Å². The van der Waals surface area contributed by atoms with Gasteiger partial charge in [-0.05, 0) is 48.7 Å². The van der Waals surface area contributed by atoms with Gasteiger partial charge in [0.15, 0.2) is 5.75 Å². The number of hydrogen-bond donors (Lipinski definition) is 4. The lowest BCUT2D eigenvalue weighted by atomic mass is 9.88. The second-order valence-electron chi connectivity index (χ2n) is 10.3. The molecule has 13 nitrogen and oxygen atoms in total. The van der Waals surface area contributed by atoms with Gasteiger partial charge in [0.25, 0.3) is 0 Å². The van der Waals surface area contributed by atoms with Gasteiger partial charge in [0.2, 0.25) is 11.7 Å². The molecule has 13 heteroatoms. The normalized spacial score (nSPS) is 24.9. The fourth-order valence-electron chi connectivity index (χ4n) is 5.83. The molecule has 1 aromatic carbocycles. The smallest absolute Gasteiger partial charge is 0.244 e. The standard InChI is InChI=1S/C26H35N11O2/c1-35-26(38)22-19(28-18-9-7-8-17(23(18)39-3)24-31-34-36(2)33-24)14-21(30-25(22)32-35)29-20-11-10-16(15-27-20)37-12-5-4-6-13-37/h7-11,15,19,21-22,25,28,30,32H,4-6,12-14H2,1-3H3,(H,27,29). The third-order valence-electron chi connectivity index (χ3n) is 7.71. The molecule has 3 aromatic rings. The highest BCUT2D eigenvalue weighted by Gasteiger charge is 2.48. The third-order valence-corrected chi connectivity index (χ3v) is 7.71. The van der Waals surface area contributed by atoms with Crippen LogP contribution in [0.4, 0.5) is 17.2 Å². The monoisotopic (exact) mass is 533 g/mol. The van der Waals surface area contributed by atoms with Gasteiger partial charge in [0, 0.05) is 32.6 Å². The summed E-state index contributed by atoms with van der Waals surface area (Å²) in [6.45, 7) is 2.17. The van der Waals surface area contributed by atoms with E-state index in [1.165, 1.54) is 24.1 Å². The van der Waals surface area contributed by atoms with E-state index in [1.807, 2.05) is 30.5 Å². The number of hydrogen-bond acceptors (Lipinski definition) is 11. The van der Waals surface area contributed by atoms with Crippen LogP contribution in [0.2, 0.25) is 0 Å². The molecule has 4 unspecified atom stereocenters. The van der Waals surface area contributed by atoms with Gasteiger partial charge in [-0.3, -0.25) is 15.1 Å². The zero-order valence-corrected chi connectivity index (χ0v) is 22.5. The molecule has 3 aliphatic rings. The van der Waals surface area contributed by atoms with E-state index in [0.29, 0.717) is 18.0 Å². The van der Waals surface area contributed by atoms with Gasteiger partial charge in [-0.2, -0.15) is 4.80 Å². The molecule has 4 N–H and O–H groups in total. The number of aromatic nitrogens is 5. The Morgan fingerprint density at radius 1 is 1.08 bits per heavy atom. The number of rotatable bonds is 7. The average molecular weight is 534 g/mol. The molecular formula is C26H35N11O2. The number of ether oxygens (including phenoxy) is 1. The molecule has 0 saturated carbocycles. The summed E-state index contributed by atoms with van der Waals surface area (Å²) in [5.41, 5.74) is 5.91. The largest absolute Gasteiger partial charge is 0.494 e. The topological polar surface area (TPSA) is 137 Å². The third kappa shape index (κ3) is 5.06. The number of benzene rings is 1. The molecule has 2 aromatic heterocycles. The number of methoxy groups -OCH3 is 1. The Kier molecular flexibility index (Phi) is 6.92. The minimum atomic E-state index is -0.314. The molecule has 0 spiro atoms. The quantitative estimate of drug-likeness (QED) is 0.351. The van der Waals surface area contributed by atoms with Crippen LogP contribution in [-0.4, -0.2) is 81.7 Å². The molecular weight excluding hydrogens is 498 g/mol. The molecule has 5 heterocycles. The summed E-state index contributed by atoms with van der Waals surface area (Å²) < 4.78 is 5.79. The van der Waals surface area contributed by atoms with E-state index in [1.54, 1.807) is 26.2 Å². The Morgan fingerprint density at radius 3 is 2.64 bits per heavy atom. The van der Waals surface area contributed by atoms with Gasteiger partial charge in [0.1, 0.15) is 5.82 Å². The molecule has 6 rings (SSSR count). The SMILES string of the molecule is COc1c(NC2CC(Nc3ccc(N4CCCCC4)cn3)NC3NN(C)C(=O)C23)cccc1-c1nnn(C)n1. The van der Waals surface area contributed by atoms with Crippen LogP contribution in [-0.2, 0) is 11.8 Å². The number of fused-ring (bicyclic) bond motifs is 1. The number of pyridine rings is 1. The first-order valence-corrected chi connectivity index (χ1v) is 13.5. The van der Waals surface area contributed by atoms with Gasteiger partial charge in [0.05, 0.1) is 55.5 Å². The van der Waals surface area contributed by atoms with Crippen LogP contribution < -0.4 is 31.0 Å². The number of nitrogens with zero attached hydrogens (tertiary/aromatic N) is 7. The summed E-state index contributed by atoms with van der Waals surface area (Å²) in [5, 5.41) is 24.7. The maximum absolute atomic E-state index is 13.1. The number of para-hydroxylation sites is 1. The lowest BCUT2D eigenvalue weighted by Crippen LogP contribution is -2.60. The van der Waals surface area contributed by atoms with Crippen molar-refractivity contribution < 1.29 is 9.53 Å². The molecule has 0 radical (unpaired) electrons. The first kappa shape index (κ1) is 25.3. The minimum absolute atomic E-state index is 0.0261. The molecule has 3 aliphatic heterocycles. The van der Waals surface area contributed by atoms with Crippen molar-refractivity contribution in [3.05, 3.63) is 36.5 Å². The summed E-state index contributed by atoms with van der Waals surface area (Å²) in [6, 6.07) is 9.72. The Labute approximate surface area is 227 Å². The van der Waals surface area contributed by atoms with Crippen molar-refractivity contribution in [2.45, 2.75) is 44.1 Å². The molecule has 0 aliphatic carbocycles. The lowest BCUT2D eigenvalue weighted by molar-refractivity contribution is -0.131. The van der Waals surface area contributed by atoms with E-state index in [-0.39, 0.29) is 30.2 Å². The number of hydrazine groups is 1. The fourth-order valence-corrected chi connectivity index (χ4v) is 5.83. The summed E-state index contributed by atoms with van der Waals surface area (Å²) >= 11 is 0. The molecule has 206 valence electrons. The van der Waals surface area contributed by atoms with Gasteiger partial charge in [-0.25, -0.2) is 10.4 Å². The first-order valence-electron chi connectivity index (χ1n) is 13.5. The van der Waals surface area contributed by atoms with E-state index in [4.69, 9.17) is 9.72 Å². The second-order valence-corrected chi connectivity index (χ2v) is 10.3. The molecule has 4 atom stereocenters. The molecule has 1 amide bonds. The predicted molar refractivity (Wildman–Crippen MR) is 147 cm³/mol. The minimum Gasteiger partial charge on any atom is -0.494 e. The summed E-state index contributed by atoms with van der Waals surface area (Å²) in [7, 11) is 5.09. The maximum Gasteiger partial charge on any atom is 0.244 e. The number of amides is 1. The zero-order chi connectivity index (χ0) is 26.9. The second kappa shape index (κ2) is 10.7. The first-order chi connectivity index (χ1) is 19.0. The van der Waals surface area contributed by atoms with Gasteiger partial charge >= 0.3 is 0 Å². The highest BCUT2D eigenvalue weighted by molar-refractivity contribution is 5.83. The Bertz CT molecular complexity index is 1310. The molecule has 39 heavy (non-hydrogen) atoms. The van der Waals surface area contributed by atoms with Gasteiger partial charge in [-0.15, -0.1) is 10.2 Å². The lowest BCUT2D eigenvalue weighted by Gasteiger charge is -2.39. The highest BCUT2D eigenvalue weighted by Crippen LogP contribution is 2.37. The highest BCUT2D eigenvalue weighted by atomic mass is 16.5. The number of nitrogens with one attached hydrogen (secondary N) is 4. The predicted octanol–water partition coefficient (Wildman–Crippen LogP) is 1.40. The van der Waals surface area contributed by atoms with Crippen LogP contribution in [0.15, 0.2) is 36.5 Å². The van der Waals surface area contributed by atoms with Crippen molar-refractivity contribution in [1.29, 1.82) is 0 Å². The number of aryl methyl sites for hydroxylation is 1. The van der Waals surface area contributed by atoms with Crippen LogP contribution in [0.3, 0.4) is 0 Å². The van der Waals surface area contributed by atoms with E-state index in [2.05, 4.69) is 47.8 Å². The van der Waals surface area contributed by atoms with Crippen LogP contribution in [0.25, 0.3) is 11.4 Å². The number of anilines is 3. The number of carbonyl (C=O) groups excluding carboxylic acids is 1. The number of tetrazole rings is 1. The van der Waals surface area contributed by atoms with Crippen LogP contribution in [0.5, 0.6) is 5.75 Å². The van der Waals surface area contributed by atoms with E-state index in [0.717, 1.165) is 35.8 Å². The fraction of sp³-hybridized carbons (Fsp3) is 0.500. The number of carbonyl (C=O) groups is 1. The van der Waals surface area contributed by atoms with E-state index in [9.17, 15) is 4.79 Å². The average Bonchev–Trinajstić information content (AvgIpc) is 3.51. The Hall–Kier alpha value is -3.97. The van der Waals surface area contributed by atoms with Gasteiger partial charge < -0.3 is 20.3 Å². The summed E-state index contributed by atoms with van der Waals surface area (Å²) in [4.78, 5) is 21.6. The molecule has 3 fully saturated rings. The van der Waals surface area contributed by atoms with Gasteiger partial charge in [-0.1, -0.05) is 6.07 Å². The van der Waals surface area contributed by atoms with E-state index >= 15 is 0 Å². The Balaban J connectivity index is 1.22. The Morgan fingerprint density at radius 2 is 1.92 bits per heavy atom. The summed E-state index contributed by atoms with van der Waals surface area (Å²) in [6.07, 6.45) is 5.96. The van der Waals surface area contributed by atoms with Crippen molar-refractivity contribution in [3.63, 3.8) is 0 Å². The number of piperidine rings is 2. The van der Waals surface area contributed by atoms with Crippen molar-refractivity contribution in [3.8, 4) is 17.1 Å². The van der Waals surface area contributed by atoms with E-state index < -0.39 is 0 Å². The summed E-state index contributed by atoms with van der Waals surface area (Å²) in [5.74, 6) is 1.57. The molecule has 3 saturated heterocycles. The van der Waals surface area contributed by atoms with Crippen LogP contribution in [0, 0.1) is 5.92 Å². The van der Waals surface area contributed by atoms with Crippen molar-refractivity contribution in [2.24, 2.45) is 13.0 Å². The van der Waals surface area contributed by atoms with Crippen molar-refractivity contribution in [1.82, 2.24) is 40.9 Å². The van der Waals surface area contributed by atoms with Crippen molar-refractivity contribution >= 4 is 23.1 Å². The maximum atomic E-state index is 13.1. The van der Waals surface area contributed by atoms with Crippen LogP contribution >= 0.6 is 0 Å². The molecule has 0 bridgehead atoms. The zero-order valence-electron chi connectivity index (χ0n) is 22.5.